The zero-order valence-corrected chi connectivity index (χ0v) is 20.8. The lowest BCUT2D eigenvalue weighted by Crippen LogP contribution is -2.48. The third-order valence-electron chi connectivity index (χ3n) is 6.87. The summed E-state index contributed by atoms with van der Waals surface area (Å²) in [6.07, 6.45) is 0. The van der Waals surface area contributed by atoms with Gasteiger partial charge in [-0.25, -0.2) is 9.07 Å². The average Bonchev–Trinajstić information content (AvgIpc) is 3.61. The predicted molar refractivity (Wildman–Crippen MR) is 139 cm³/mol. The second-order valence-corrected chi connectivity index (χ2v) is 9.34. The van der Waals surface area contributed by atoms with Crippen LogP contribution < -0.4 is 9.47 Å². The summed E-state index contributed by atoms with van der Waals surface area (Å²) in [6, 6.07) is 19.5. The third-order valence-corrected chi connectivity index (χ3v) is 6.87. The van der Waals surface area contributed by atoms with E-state index in [9.17, 15) is 19.3 Å². The molecule has 4 aromatic rings. The lowest BCUT2D eigenvalue weighted by atomic mass is 10.1. The summed E-state index contributed by atoms with van der Waals surface area (Å²) < 4.78 is 26.8. The SMILES string of the molecule is O=C(c1cc(-c2ccccc2F)nn1-c1cccc([N+](=O)[O-])c1)N1CCN(Cc2ccc3c(c2)OCO3)CC1. The number of hydrogen-bond acceptors (Lipinski definition) is 7. The van der Waals surface area contributed by atoms with Crippen LogP contribution in [0.4, 0.5) is 10.1 Å². The highest BCUT2D eigenvalue weighted by Crippen LogP contribution is 2.33. The van der Waals surface area contributed by atoms with E-state index >= 15 is 0 Å². The molecule has 1 fully saturated rings. The van der Waals surface area contributed by atoms with E-state index in [2.05, 4.69) is 10.00 Å². The number of nitro benzene ring substituents is 1. The van der Waals surface area contributed by atoms with Crippen LogP contribution in [0.1, 0.15) is 16.1 Å². The Morgan fingerprint density at radius 3 is 2.54 bits per heavy atom. The quantitative estimate of drug-likeness (QED) is 0.271. The second-order valence-electron chi connectivity index (χ2n) is 9.34. The Balaban J connectivity index is 1.24. The lowest BCUT2D eigenvalue weighted by molar-refractivity contribution is -0.384. The first kappa shape index (κ1) is 24.6. The van der Waals surface area contributed by atoms with Crippen LogP contribution in [0.3, 0.4) is 0 Å². The number of amides is 1. The molecule has 2 aliphatic heterocycles. The minimum Gasteiger partial charge on any atom is -0.454 e. The number of carbonyl (C=O) groups is 1. The van der Waals surface area contributed by atoms with Crippen LogP contribution in [-0.2, 0) is 6.54 Å². The van der Waals surface area contributed by atoms with Crippen LogP contribution in [0.5, 0.6) is 11.5 Å². The molecule has 0 spiro atoms. The second kappa shape index (κ2) is 10.2. The Morgan fingerprint density at radius 1 is 0.949 bits per heavy atom. The number of non-ortho nitro benzene ring substituents is 1. The van der Waals surface area contributed by atoms with Gasteiger partial charge in [-0.1, -0.05) is 24.3 Å². The lowest BCUT2D eigenvalue weighted by Gasteiger charge is -2.34. The van der Waals surface area contributed by atoms with E-state index in [1.165, 1.54) is 28.9 Å². The summed E-state index contributed by atoms with van der Waals surface area (Å²) in [5.74, 6) is 0.724. The van der Waals surface area contributed by atoms with Crippen molar-refractivity contribution >= 4 is 11.6 Å². The zero-order valence-electron chi connectivity index (χ0n) is 20.8. The van der Waals surface area contributed by atoms with Crippen molar-refractivity contribution in [1.29, 1.82) is 0 Å². The van der Waals surface area contributed by atoms with Gasteiger partial charge in [-0.05, 0) is 42.0 Å². The fraction of sp³-hybridized carbons (Fsp3) is 0.214. The number of benzene rings is 3. The van der Waals surface area contributed by atoms with E-state index in [-0.39, 0.29) is 35.3 Å². The molecule has 0 saturated carbocycles. The van der Waals surface area contributed by atoms with Crippen LogP contribution in [0.2, 0.25) is 0 Å². The fourth-order valence-electron chi connectivity index (χ4n) is 4.84. The summed E-state index contributed by atoms with van der Waals surface area (Å²) in [5.41, 5.74) is 2.02. The molecule has 3 aromatic carbocycles. The number of aromatic nitrogens is 2. The van der Waals surface area contributed by atoms with Crippen LogP contribution >= 0.6 is 0 Å². The molecular weight excluding hydrogens is 505 g/mol. The molecule has 1 saturated heterocycles. The van der Waals surface area contributed by atoms with E-state index < -0.39 is 10.7 Å². The molecule has 3 heterocycles. The molecule has 0 bridgehead atoms. The van der Waals surface area contributed by atoms with Gasteiger partial charge in [0.15, 0.2) is 11.5 Å². The van der Waals surface area contributed by atoms with Gasteiger partial charge < -0.3 is 14.4 Å². The Morgan fingerprint density at radius 2 is 1.74 bits per heavy atom. The van der Waals surface area contributed by atoms with Crippen LogP contribution in [0, 0.1) is 15.9 Å². The van der Waals surface area contributed by atoms with Gasteiger partial charge in [0.05, 0.1) is 16.3 Å². The van der Waals surface area contributed by atoms with Crippen molar-refractivity contribution in [2.75, 3.05) is 33.0 Å². The van der Waals surface area contributed by atoms with Crippen molar-refractivity contribution in [3.63, 3.8) is 0 Å². The van der Waals surface area contributed by atoms with E-state index in [1.54, 1.807) is 35.2 Å². The molecule has 0 unspecified atom stereocenters. The molecular formula is C28H24FN5O5. The highest BCUT2D eigenvalue weighted by Gasteiger charge is 2.27. The zero-order chi connectivity index (χ0) is 26.9. The minimum absolute atomic E-state index is 0.133. The molecule has 0 N–H and O–H groups in total. The maximum atomic E-state index is 14.6. The van der Waals surface area contributed by atoms with Gasteiger partial charge in [-0.2, -0.15) is 5.10 Å². The molecule has 39 heavy (non-hydrogen) atoms. The smallest absolute Gasteiger partial charge is 0.272 e. The normalized spacial score (nSPS) is 14.9. The van der Waals surface area contributed by atoms with Gasteiger partial charge in [-0.15, -0.1) is 0 Å². The third kappa shape index (κ3) is 4.91. The molecule has 1 aromatic heterocycles. The largest absolute Gasteiger partial charge is 0.454 e. The maximum absolute atomic E-state index is 14.6. The molecule has 1 amide bonds. The van der Waals surface area contributed by atoms with Crippen molar-refractivity contribution in [3.8, 4) is 28.4 Å². The molecule has 2 aliphatic rings. The standard InChI is InChI=1S/C28H24FN5O5/c29-23-7-2-1-6-22(23)24-16-25(33(30-24)20-4-3-5-21(15-20)34(36)37)28(35)32-12-10-31(11-13-32)17-19-8-9-26-27(14-19)39-18-38-26/h1-9,14-16H,10-13,17-18H2. The molecule has 0 aliphatic carbocycles. The number of nitrogens with zero attached hydrogens (tertiary/aromatic N) is 5. The maximum Gasteiger partial charge on any atom is 0.272 e. The number of halogens is 1. The minimum atomic E-state index is -0.508. The van der Waals surface area contributed by atoms with Gasteiger partial charge in [-0.3, -0.25) is 19.8 Å². The molecule has 11 heteroatoms. The van der Waals surface area contributed by atoms with Gasteiger partial charge in [0.2, 0.25) is 6.79 Å². The average molecular weight is 530 g/mol. The number of carbonyl (C=O) groups excluding carboxylic acids is 1. The fourth-order valence-corrected chi connectivity index (χ4v) is 4.84. The molecule has 0 radical (unpaired) electrons. The van der Waals surface area contributed by atoms with E-state index in [0.717, 1.165) is 17.1 Å². The number of rotatable bonds is 6. The topological polar surface area (TPSA) is 103 Å². The van der Waals surface area contributed by atoms with Crippen molar-refractivity contribution in [2.24, 2.45) is 0 Å². The molecule has 0 atom stereocenters. The van der Waals surface area contributed by atoms with Gasteiger partial charge in [0.25, 0.3) is 11.6 Å². The number of piperazine rings is 1. The van der Waals surface area contributed by atoms with Gasteiger partial charge in [0, 0.05) is 50.4 Å². The highest BCUT2D eigenvalue weighted by atomic mass is 19.1. The summed E-state index contributed by atoms with van der Waals surface area (Å²) in [5, 5.41) is 15.9. The van der Waals surface area contributed by atoms with E-state index in [1.807, 2.05) is 18.2 Å². The summed E-state index contributed by atoms with van der Waals surface area (Å²) in [7, 11) is 0. The molecule has 6 rings (SSSR count). The Labute approximate surface area is 222 Å². The molecule has 10 nitrogen and oxygen atoms in total. The van der Waals surface area contributed by atoms with Gasteiger partial charge in [0.1, 0.15) is 11.5 Å². The predicted octanol–water partition coefficient (Wildman–Crippen LogP) is 4.27. The van der Waals surface area contributed by atoms with E-state index in [0.29, 0.717) is 38.4 Å². The Bertz CT molecular complexity index is 1560. The molecule has 198 valence electrons. The van der Waals surface area contributed by atoms with Gasteiger partial charge >= 0.3 is 0 Å². The summed E-state index contributed by atoms with van der Waals surface area (Å²) in [4.78, 5) is 28.6. The van der Waals surface area contributed by atoms with Crippen molar-refractivity contribution in [2.45, 2.75) is 6.54 Å². The summed E-state index contributed by atoms with van der Waals surface area (Å²) >= 11 is 0. The van der Waals surface area contributed by atoms with Crippen molar-refractivity contribution in [1.82, 2.24) is 19.6 Å². The number of ether oxygens (including phenoxy) is 2. The highest BCUT2D eigenvalue weighted by molar-refractivity contribution is 5.94. The Hall–Kier alpha value is -4.77. The number of hydrogen-bond donors (Lipinski definition) is 0. The first-order valence-electron chi connectivity index (χ1n) is 12.5. The number of fused-ring (bicyclic) bond motifs is 1. The van der Waals surface area contributed by atoms with Crippen LogP contribution in [-0.4, -0.2) is 63.4 Å². The van der Waals surface area contributed by atoms with E-state index in [4.69, 9.17) is 9.47 Å². The van der Waals surface area contributed by atoms with Crippen molar-refractivity contribution < 1.29 is 23.6 Å². The van der Waals surface area contributed by atoms with Crippen molar-refractivity contribution in [3.05, 3.63) is 100.0 Å². The van der Waals surface area contributed by atoms with Crippen LogP contribution in [0.15, 0.2) is 72.8 Å². The van der Waals surface area contributed by atoms with Crippen LogP contribution in [0.25, 0.3) is 16.9 Å². The Kier molecular flexibility index (Phi) is 6.41. The first-order valence-corrected chi connectivity index (χ1v) is 12.5. The first-order chi connectivity index (χ1) is 19.0. The number of nitro groups is 1. The monoisotopic (exact) mass is 529 g/mol. The summed E-state index contributed by atoms with van der Waals surface area (Å²) in [6.45, 7) is 3.22.